The molecule has 0 fully saturated rings. The van der Waals surface area contributed by atoms with Crippen LogP contribution < -0.4 is 10.3 Å². The zero-order valence-corrected chi connectivity index (χ0v) is 14.2. The third-order valence-electron chi connectivity index (χ3n) is 2.67. The number of benzene rings is 1. The molecule has 0 spiro atoms. The van der Waals surface area contributed by atoms with E-state index in [0.29, 0.717) is 26.0 Å². The number of hydrogen-bond donors (Lipinski definition) is 1. The summed E-state index contributed by atoms with van der Waals surface area (Å²) in [5, 5.41) is 10.1. The smallest absolute Gasteiger partial charge is 0.270 e. The van der Waals surface area contributed by atoms with Crippen LogP contribution in [0, 0.1) is 11.3 Å². The minimum atomic E-state index is -0.495. The molecule has 0 saturated heterocycles. The predicted molar refractivity (Wildman–Crippen MR) is 86.1 cm³/mol. The Hall–Kier alpha value is -1.49. The minimum Gasteiger partial charge on any atom is -0.495 e. The maximum absolute atomic E-state index is 12.0. The van der Waals surface area contributed by atoms with Crippen LogP contribution in [-0.2, 0) is 0 Å². The number of ether oxygens (including phenoxy) is 1. The van der Waals surface area contributed by atoms with E-state index in [1.165, 1.54) is 18.9 Å². The van der Waals surface area contributed by atoms with Gasteiger partial charge in [-0.1, -0.05) is 23.4 Å². The monoisotopic (exact) mass is 385 g/mol. The molecule has 8 heteroatoms. The number of nitrogens with zero attached hydrogens (tertiary/aromatic N) is 2. The molecule has 0 unspecified atom stereocenters. The van der Waals surface area contributed by atoms with E-state index in [9.17, 15) is 10.1 Å². The summed E-state index contributed by atoms with van der Waals surface area (Å²) >= 11 is 10.7. The lowest BCUT2D eigenvalue weighted by Crippen LogP contribution is -2.14. The van der Waals surface area contributed by atoms with Gasteiger partial charge in [0.05, 0.1) is 11.6 Å². The summed E-state index contributed by atoms with van der Waals surface area (Å²) in [6.45, 7) is 0. The van der Waals surface area contributed by atoms with E-state index in [2.05, 4.69) is 25.9 Å². The highest BCUT2D eigenvalue weighted by molar-refractivity contribution is 9.10. The zero-order chi connectivity index (χ0) is 15.6. The molecule has 0 aliphatic rings. The lowest BCUT2D eigenvalue weighted by atomic mass is 10.1. The lowest BCUT2D eigenvalue weighted by molar-refractivity contribution is 0.413. The van der Waals surface area contributed by atoms with Crippen LogP contribution in [0.4, 0.5) is 0 Å². The Kier molecular flexibility index (Phi) is 4.93. The van der Waals surface area contributed by atoms with E-state index in [-0.39, 0.29) is 11.3 Å². The van der Waals surface area contributed by atoms with E-state index in [0.717, 1.165) is 0 Å². The van der Waals surface area contributed by atoms with Crippen molar-refractivity contribution in [2.24, 2.45) is 0 Å². The van der Waals surface area contributed by atoms with Gasteiger partial charge in [0.25, 0.3) is 5.56 Å². The number of aromatic amines is 1. The third-order valence-corrected chi connectivity index (χ3v) is 4.06. The number of aromatic nitrogens is 2. The fourth-order valence-electron chi connectivity index (χ4n) is 1.79. The van der Waals surface area contributed by atoms with Gasteiger partial charge in [0, 0.05) is 10.6 Å². The van der Waals surface area contributed by atoms with Crippen molar-refractivity contribution in [3.63, 3.8) is 0 Å². The molecule has 21 heavy (non-hydrogen) atoms. The number of halogens is 2. The molecule has 1 aromatic heterocycles. The number of nitrogens with one attached hydrogen (secondary N) is 1. The molecule has 0 radical (unpaired) electrons. The van der Waals surface area contributed by atoms with Crippen LogP contribution in [0.25, 0.3) is 11.3 Å². The molecule has 0 saturated carbocycles. The van der Waals surface area contributed by atoms with Gasteiger partial charge in [-0.05, 0) is 34.3 Å². The van der Waals surface area contributed by atoms with Gasteiger partial charge in [0.1, 0.15) is 23.1 Å². The van der Waals surface area contributed by atoms with E-state index in [4.69, 9.17) is 16.3 Å². The molecule has 1 N–H and O–H groups in total. The molecule has 1 heterocycles. The number of hydrogen-bond acceptors (Lipinski definition) is 5. The fourth-order valence-corrected chi connectivity index (χ4v) is 3.14. The van der Waals surface area contributed by atoms with Gasteiger partial charge >= 0.3 is 0 Å². The summed E-state index contributed by atoms with van der Waals surface area (Å²) < 4.78 is 5.94. The van der Waals surface area contributed by atoms with Crippen molar-refractivity contribution in [2.45, 2.75) is 5.16 Å². The highest BCUT2D eigenvalue weighted by Gasteiger charge is 2.19. The Morgan fingerprint density at radius 3 is 2.81 bits per heavy atom. The summed E-state index contributed by atoms with van der Waals surface area (Å²) in [6.07, 6.45) is 1.78. The van der Waals surface area contributed by atoms with Crippen LogP contribution in [0.5, 0.6) is 5.75 Å². The largest absolute Gasteiger partial charge is 0.495 e. The molecule has 0 bridgehead atoms. The summed E-state index contributed by atoms with van der Waals surface area (Å²) in [5.41, 5.74) is 0.144. The van der Waals surface area contributed by atoms with Crippen molar-refractivity contribution in [3.05, 3.63) is 37.5 Å². The Balaban J connectivity index is 2.87. The van der Waals surface area contributed by atoms with Gasteiger partial charge in [-0.25, -0.2) is 4.98 Å². The van der Waals surface area contributed by atoms with Crippen LogP contribution in [0.15, 0.2) is 26.6 Å². The number of thioether (sulfide) groups is 1. The van der Waals surface area contributed by atoms with Crippen molar-refractivity contribution in [1.82, 2.24) is 9.97 Å². The van der Waals surface area contributed by atoms with Crippen LogP contribution in [0.3, 0.4) is 0 Å². The average molecular weight is 387 g/mol. The Morgan fingerprint density at radius 2 is 2.24 bits per heavy atom. The highest BCUT2D eigenvalue weighted by atomic mass is 79.9. The number of nitriles is 1. The first-order valence-corrected chi connectivity index (χ1v) is 8.03. The molecular formula is C13H9BrClN3O2S. The van der Waals surface area contributed by atoms with E-state index in [1.807, 2.05) is 6.07 Å². The number of H-pyrrole nitrogens is 1. The van der Waals surface area contributed by atoms with Crippen molar-refractivity contribution in [3.8, 4) is 23.1 Å². The molecule has 0 atom stereocenters. The van der Waals surface area contributed by atoms with Crippen molar-refractivity contribution >= 4 is 39.3 Å². The van der Waals surface area contributed by atoms with Crippen LogP contribution in [0.1, 0.15) is 5.56 Å². The van der Waals surface area contributed by atoms with Gasteiger partial charge in [0.15, 0.2) is 5.16 Å². The molecule has 2 rings (SSSR count). The standard InChI is InChI=1S/C13H9BrClN3O2S/c1-20-11-7(3-6(15)4-9(11)14)10-8(5-16)12(19)18-13(17-10)21-2/h3-4H,1-2H3,(H,17,18,19). The van der Waals surface area contributed by atoms with Gasteiger partial charge < -0.3 is 9.72 Å². The molecule has 0 aliphatic carbocycles. The highest BCUT2D eigenvalue weighted by Crippen LogP contribution is 2.39. The number of methoxy groups -OCH3 is 1. The zero-order valence-electron chi connectivity index (χ0n) is 11.0. The molecule has 2 aromatic rings. The van der Waals surface area contributed by atoms with Crippen LogP contribution in [0.2, 0.25) is 5.02 Å². The summed E-state index contributed by atoms with van der Waals surface area (Å²) in [6, 6.07) is 5.15. The first kappa shape index (κ1) is 15.9. The Morgan fingerprint density at radius 1 is 1.52 bits per heavy atom. The van der Waals surface area contributed by atoms with Crippen LogP contribution >= 0.6 is 39.3 Å². The molecular weight excluding hydrogens is 378 g/mol. The Labute approximate surface area is 138 Å². The first-order valence-electron chi connectivity index (χ1n) is 5.63. The van der Waals surface area contributed by atoms with E-state index < -0.39 is 5.56 Å². The quantitative estimate of drug-likeness (QED) is 0.645. The van der Waals surface area contributed by atoms with Gasteiger partial charge in [-0.2, -0.15) is 5.26 Å². The van der Waals surface area contributed by atoms with E-state index >= 15 is 0 Å². The summed E-state index contributed by atoms with van der Waals surface area (Å²) in [5.74, 6) is 0.459. The maximum atomic E-state index is 12.0. The van der Waals surface area contributed by atoms with E-state index in [1.54, 1.807) is 18.4 Å². The number of rotatable bonds is 3. The first-order chi connectivity index (χ1) is 10.0. The van der Waals surface area contributed by atoms with Gasteiger partial charge in [-0.3, -0.25) is 4.79 Å². The van der Waals surface area contributed by atoms with Gasteiger partial charge in [0.2, 0.25) is 0 Å². The molecule has 0 amide bonds. The lowest BCUT2D eigenvalue weighted by Gasteiger charge is -2.12. The van der Waals surface area contributed by atoms with Crippen molar-refractivity contribution < 1.29 is 4.74 Å². The van der Waals surface area contributed by atoms with Gasteiger partial charge in [-0.15, -0.1) is 0 Å². The average Bonchev–Trinajstić information content (AvgIpc) is 2.45. The second-order valence-corrected chi connectivity index (χ2v) is 5.96. The normalized spacial score (nSPS) is 10.2. The maximum Gasteiger partial charge on any atom is 0.270 e. The van der Waals surface area contributed by atoms with Crippen LogP contribution in [-0.4, -0.2) is 23.3 Å². The molecule has 0 aliphatic heterocycles. The second kappa shape index (κ2) is 6.52. The third kappa shape index (κ3) is 3.07. The van der Waals surface area contributed by atoms with Crippen molar-refractivity contribution in [1.29, 1.82) is 5.26 Å². The predicted octanol–water partition coefficient (Wildman–Crippen LogP) is 3.45. The molecule has 1 aromatic carbocycles. The van der Waals surface area contributed by atoms with Crippen molar-refractivity contribution in [2.75, 3.05) is 13.4 Å². The summed E-state index contributed by atoms with van der Waals surface area (Å²) in [4.78, 5) is 18.8. The topological polar surface area (TPSA) is 78.8 Å². The SMILES string of the molecule is COc1c(Br)cc(Cl)cc1-c1nc(SC)[nH]c(=O)c1C#N. The Bertz CT molecular complexity index is 801. The minimum absolute atomic E-state index is 0.0831. The molecule has 5 nitrogen and oxygen atoms in total. The fraction of sp³-hybridized carbons (Fsp3) is 0.154. The summed E-state index contributed by atoms with van der Waals surface area (Å²) in [7, 11) is 1.49. The molecule has 108 valence electrons. The second-order valence-electron chi connectivity index (χ2n) is 3.88.